The van der Waals surface area contributed by atoms with Crippen molar-refractivity contribution in [1.82, 2.24) is 9.97 Å². The van der Waals surface area contributed by atoms with Gasteiger partial charge in [0, 0.05) is 25.5 Å². The van der Waals surface area contributed by atoms with Crippen LogP contribution in [0.5, 0.6) is 0 Å². The molecule has 74 valence electrons. The minimum atomic E-state index is 0.188. The zero-order valence-corrected chi connectivity index (χ0v) is 7.77. The van der Waals surface area contributed by atoms with E-state index in [4.69, 9.17) is 10.4 Å². The van der Waals surface area contributed by atoms with Gasteiger partial charge >= 0.3 is 0 Å². The molecule has 0 unspecified atom stereocenters. The van der Waals surface area contributed by atoms with Gasteiger partial charge in [0.2, 0.25) is 0 Å². The molecule has 0 radical (unpaired) electrons. The zero-order chi connectivity index (χ0) is 10.2. The monoisotopic (exact) mass is 192 g/mol. The lowest BCUT2D eigenvalue weighted by Gasteiger charge is -2.04. The van der Waals surface area contributed by atoms with Crippen molar-refractivity contribution in [2.45, 2.75) is 12.8 Å². The van der Waals surface area contributed by atoms with Crippen LogP contribution in [-0.2, 0) is 0 Å². The highest BCUT2D eigenvalue weighted by Crippen LogP contribution is 2.06. The summed E-state index contributed by atoms with van der Waals surface area (Å²) >= 11 is 0. The van der Waals surface area contributed by atoms with Crippen molar-refractivity contribution < 1.29 is 5.11 Å². The minimum Gasteiger partial charge on any atom is -0.396 e. The van der Waals surface area contributed by atoms with Gasteiger partial charge in [-0.3, -0.25) is 0 Å². The van der Waals surface area contributed by atoms with Crippen molar-refractivity contribution in [3.8, 4) is 6.07 Å². The zero-order valence-electron chi connectivity index (χ0n) is 7.77. The Morgan fingerprint density at radius 3 is 2.86 bits per heavy atom. The first kappa shape index (κ1) is 10.4. The summed E-state index contributed by atoms with van der Waals surface area (Å²) in [5.74, 6) is 0.507. The van der Waals surface area contributed by atoms with Crippen LogP contribution in [0.15, 0.2) is 12.4 Å². The largest absolute Gasteiger partial charge is 0.396 e. The van der Waals surface area contributed by atoms with E-state index in [0.29, 0.717) is 18.1 Å². The molecular formula is C9H12N4O. The first-order valence-electron chi connectivity index (χ1n) is 4.44. The van der Waals surface area contributed by atoms with Gasteiger partial charge in [-0.25, -0.2) is 9.97 Å². The number of nitriles is 1. The van der Waals surface area contributed by atoms with Gasteiger partial charge in [-0.15, -0.1) is 0 Å². The predicted octanol–water partition coefficient (Wildman–Crippen LogP) is 0.533. The fourth-order valence-electron chi connectivity index (χ4n) is 0.993. The maximum absolute atomic E-state index is 8.69. The third-order valence-corrected chi connectivity index (χ3v) is 1.68. The van der Waals surface area contributed by atoms with Gasteiger partial charge in [-0.1, -0.05) is 0 Å². The van der Waals surface area contributed by atoms with E-state index in [1.807, 2.05) is 6.07 Å². The average Bonchev–Trinajstić information content (AvgIpc) is 2.25. The molecular weight excluding hydrogens is 180 g/mol. The Labute approximate surface area is 82.4 Å². The molecule has 0 saturated carbocycles. The Balaban J connectivity index is 2.46. The first-order chi connectivity index (χ1) is 6.88. The highest BCUT2D eigenvalue weighted by atomic mass is 16.2. The number of unbranched alkanes of at least 4 members (excludes halogenated alkanes) is 1. The summed E-state index contributed by atoms with van der Waals surface area (Å²) in [6, 6.07) is 1.95. The van der Waals surface area contributed by atoms with Crippen molar-refractivity contribution in [1.29, 1.82) is 5.26 Å². The van der Waals surface area contributed by atoms with Crippen LogP contribution in [-0.4, -0.2) is 28.2 Å². The Kier molecular flexibility index (Phi) is 4.38. The van der Waals surface area contributed by atoms with Crippen LogP contribution in [0.2, 0.25) is 0 Å². The van der Waals surface area contributed by atoms with E-state index in [-0.39, 0.29) is 6.61 Å². The van der Waals surface area contributed by atoms with Crippen LogP contribution in [0.25, 0.3) is 0 Å². The summed E-state index contributed by atoms with van der Waals surface area (Å²) in [7, 11) is 0. The van der Waals surface area contributed by atoms with E-state index in [0.717, 1.165) is 12.8 Å². The summed E-state index contributed by atoms with van der Waals surface area (Å²) in [4.78, 5) is 7.85. The molecule has 5 heteroatoms. The van der Waals surface area contributed by atoms with Crippen LogP contribution in [0, 0.1) is 11.3 Å². The lowest BCUT2D eigenvalue weighted by molar-refractivity contribution is 0.286. The summed E-state index contributed by atoms with van der Waals surface area (Å²) in [5, 5.41) is 20.2. The average molecular weight is 192 g/mol. The topological polar surface area (TPSA) is 81.8 Å². The van der Waals surface area contributed by atoms with Gasteiger partial charge in [0.05, 0.1) is 0 Å². The number of nitrogens with zero attached hydrogens (tertiary/aromatic N) is 3. The van der Waals surface area contributed by atoms with Gasteiger partial charge in [-0.2, -0.15) is 5.26 Å². The summed E-state index contributed by atoms with van der Waals surface area (Å²) in [5.41, 5.74) is 0.302. The number of aromatic nitrogens is 2. The third-order valence-electron chi connectivity index (χ3n) is 1.68. The van der Waals surface area contributed by atoms with Crippen LogP contribution in [0.3, 0.4) is 0 Å². The number of aliphatic hydroxyl groups is 1. The van der Waals surface area contributed by atoms with E-state index >= 15 is 0 Å². The molecule has 0 saturated heterocycles. The number of nitrogens with one attached hydrogen (secondary N) is 1. The lowest BCUT2D eigenvalue weighted by atomic mass is 10.3. The second kappa shape index (κ2) is 5.89. The molecule has 14 heavy (non-hydrogen) atoms. The maximum Gasteiger partial charge on any atom is 0.182 e. The summed E-state index contributed by atoms with van der Waals surface area (Å²) < 4.78 is 0. The molecule has 0 amide bonds. The standard InChI is InChI=1S/C9H12N4O/c10-7-8-9(13-5-4-11-8)12-3-1-2-6-14/h4-5,14H,1-3,6H2,(H,12,13). The van der Waals surface area contributed by atoms with Crippen molar-refractivity contribution in [3.05, 3.63) is 18.1 Å². The van der Waals surface area contributed by atoms with E-state index in [2.05, 4.69) is 15.3 Å². The Morgan fingerprint density at radius 2 is 2.14 bits per heavy atom. The van der Waals surface area contributed by atoms with Crippen molar-refractivity contribution in [2.24, 2.45) is 0 Å². The molecule has 0 fully saturated rings. The van der Waals surface area contributed by atoms with Gasteiger partial charge in [0.15, 0.2) is 11.5 Å². The number of aliphatic hydroxyl groups excluding tert-OH is 1. The number of hydrogen-bond donors (Lipinski definition) is 2. The molecule has 5 nitrogen and oxygen atoms in total. The highest BCUT2D eigenvalue weighted by molar-refractivity contribution is 5.46. The number of rotatable bonds is 5. The van der Waals surface area contributed by atoms with E-state index in [1.54, 1.807) is 0 Å². The molecule has 0 spiro atoms. The maximum atomic E-state index is 8.69. The molecule has 0 aromatic carbocycles. The van der Waals surface area contributed by atoms with Gasteiger partial charge < -0.3 is 10.4 Å². The van der Waals surface area contributed by atoms with Crippen molar-refractivity contribution in [2.75, 3.05) is 18.5 Å². The quantitative estimate of drug-likeness (QED) is 0.665. The number of hydrogen-bond acceptors (Lipinski definition) is 5. The second-order valence-corrected chi connectivity index (χ2v) is 2.72. The van der Waals surface area contributed by atoms with Crippen LogP contribution < -0.4 is 5.32 Å². The molecule has 1 heterocycles. The molecule has 1 aromatic heterocycles. The molecule has 1 aromatic rings. The van der Waals surface area contributed by atoms with Crippen LogP contribution in [0.1, 0.15) is 18.5 Å². The van der Waals surface area contributed by atoms with Crippen LogP contribution >= 0.6 is 0 Å². The molecule has 0 atom stereocenters. The summed E-state index contributed by atoms with van der Waals surface area (Å²) in [6.45, 7) is 0.876. The Morgan fingerprint density at radius 1 is 1.36 bits per heavy atom. The third kappa shape index (κ3) is 2.99. The molecule has 0 aliphatic heterocycles. The van der Waals surface area contributed by atoms with Crippen LogP contribution in [0.4, 0.5) is 5.82 Å². The van der Waals surface area contributed by atoms with Gasteiger partial charge in [0.1, 0.15) is 6.07 Å². The summed E-state index contributed by atoms with van der Waals surface area (Å²) in [6.07, 6.45) is 4.61. The molecule has 0 bridgehead atoms. The van der Waals surface area contributed by atoms with Gasteiger partial charge in [0.25, 0.3) is 0 Å². The van der Waals surface area contributed by atoms with E-state index in [9.17, 15) is 0 Å². The van der Waals surface area contributed by atoms with E-state index in [1.165, 1.54) is 12.4 Å². The van der Waals surface area contributed by atoms with Crippen molar-refractivity contribution in [3.63, 3.8) is 0 Å². The smallest absolute Gasteiger partial charge is 0.182 e. The first-order valence-corrected chi connectivity index (χ1v) is 4.44. The fourth-order valence-corrected chi connectivity index (χ4v) is 0.993. The van der Waals surface area contributed by atoms with E-state index < -0.39 is 0 Å². The minimum absolute atomic E-state index is 0.188. The predicted molar refractivity (Wildman–Crippen MR) is 51.6 cm³/mol. The lowest BCUT2D eigenvalue weighted by Crippen LogP contribution is -2.06. The molecule has 0 aliphatic carbocycles. The second-order valence-electron chi connectivity index (χ2n) is 2.72. The highest BCUT2D eigenvalue weighted by Gasteiger charge is 2.01. The SMILES string of the molecule is N#Cc1nccnc1NCCCCO. The molecule has 1 rings (SSSR count). The number of anilines is 1. The van der Waals surface area contributed by atoms with Gasteiger partial charge in [-0.05, 0) is 12.8 Å². The Bertz CT molecular complexity index is 321. The normalized spacial score (nSPS) is 9.43. The fraction of sp³-hybridized carbons (Fsp3) is 0.444. The molecule has 2 N–H and O–H groups in total. The molecule has 0 aliphatic rings. The van der Waals surface area contributed by atoms with Crippen molar-refractivity contribution >= 4 is 5.82 Å². The Hall–Kier alpha value is -1.67.